The molecule has 5 unspecified atom stereocenters. The van der Waals surface area contributed by atoms with Gasteiger partial charge in [0, 0.05) is 6.23 Å². The number of ether oxygens (including phenoxy) is 3. The van der Waals surface area contributed by atoms with Gasteiger partial charge in [0.25, 0.3) is 0 Å². The average Bonchev–Trinajstić information content (AvgIpc) is 2.69. The fourth-order valence-electron chi connectivity index (χ4n) is 2.54. The van der Waals surface area contributed by atoms with Gasteiger partial charge in [-0.25, -0.2) is 0 Å². The number of rotatable bonds is 2. The van der Waals surface area contributed by atoms with E-state index in [4.69, 9.17) is 14.2 Å². The molecule has 5 atom stereocenters. The summed E-state index contributed by atoms with van der Waals surface area (Å²) < 4.78 is 16.2. The van der Waals surface area contributed by atoms with Crippen LogP contribution in [0.25, 0.3) is 0 Å². The van der Waals surface area contributed by atoms with Crippen molar-refractivity contribution in [1.29, 1.82) is 0 Å². The van der Waals surface area contributed by atoms with Crippen molar-refractivity contribution in [2.45, 2.75) is 30.8 Å². The van der Waals surface area contributed by atoms with E-state index in [1.54, 1.807) is 0 Å². The number of esters is 1. The number of hydrogen-bond donors (Lipinski definition) is 0. The van der Waals surface area contributed by atoms with Gasteiger partial charge in [-0.3, -0.25) is 4.79 Å². The summed E-state index contributed by atoms with van der Waals surface area (Å²) in [6, 6.07) is 0. The number of carbonyl (C=O) groups is 1. The third-order valence-electron chi connectivity index (χ3n) is 3.06. The first-order valence-corrected chi connectivity index (χ1v) is 5.14. The van der Waals surface area contributed by atoms with Gasteiger partial charge in [0.2, 0.25) is 0 Å². The van der Waals surface area contributed by atoms with E-state index >= 15 is 0 Å². The molecule has 3 fully saturated rings. The monoisotopic (exact) mass is 197 g/mol. The molecule has 0 aromatic heterocycles. The fraction of sp³-hybridized carbons (Fsp3) is 0.875. The van der Waals surface area contributed by atoms with E-state index < -0.39 is 0 Å². The van der Waals surface area contributed by atoms with E-state index in [1.165, 1.54) is 0 Å². The van der Waals surface area contributed by atoms with Gasteiger partial charge in [-0.05, 0) is 6.42 Å². The lowest BCUT2D eigenvalue weighted by Gasteiger charge is -2.21. The van der Waals surface area contributed by atoms with Gasteiger partial charge < -0.3 is 14.2 Å². The largest absolute Gasteiger partial charge is 0.456 e. The molecule has 13 heavy (non-hydrogen) atoms. The molecule has 0 N–H and O–H groups in total. The minimum absolute atomic E-state index is 0.0236. The summed E-state index contributed by atoms with van der Waals surface area (Å²) in [6.45, 7) is 0. The van der Waals surface area contributed by atoms with Gasteiger partial charge in [0.05, 0.1) is 22.3 Å². The third kappa shape index (κ3) is 0.894. The quantitative estimate of drug-likeness (QED) is 0.430. The van der Waals surface area contributed by atoms with Crippen LogP contribution in [0, 0.1) is 5.92 Å². The lowest BCUT2D eigenvalue weighted by Crippen LogP contribution is -2.38. The van der Waals surface area contributed by atoms with Crippen LogP contribution in [0.15, 0.2) is 0 Å². The molecule has 3 aliphatic rings. The SMILES string of the molecule is O=C1OC2C(OC[Si])C3CC1C2O3. The molecule has 3 aliphatic heterocycles. The predicted molar refractivity (Wildman–Crippen MR) is 42.1 cm³/mol. The van der Waals surface area contributed by atoms with Crippen molar-refractivity contribution in [3.8, 4) is 0 Å². The molecule has 0 spiro atoms. The Morgan fingerprint density at radius 3 is 3.15 bits per heavy atom. The molecule has 3 radical (unpaired) electrons. The minimum atomic E-state index is -0.160. The third-order valence-corrected chi connectivity index (χ3v) is 3.23. The molecule has 0 aromatic carbocycles. The Morgan fingerprint density at radius 2 is 2.38 bits per heavy atom. The van der Waals surface area contributed by atoms with Crippen molar-refractivity contribution in [2.24, 2.45) is 5.92 Å². The molecule has 3 heterocycles. The zero-order valence-corrected chi connectivity index (χ0v) is 7.93. The van der Waals surface area contributed by atoms with E-state index in [-0.39, 0.29) is 36.3 Å². The smallest absolute Gasteiger partial charge is 0.312 e. The minimum Gasteiger partial charge on any atom is -0.456 e. The molecule has 0 aromatic rings. The second-order valence-corrected chi connectivity index (χ2v) is 3.95. The van der Waals surface area contributed by atoms with E-state index in [1.807, 2.05) is 0 Å². The summed E-state index contributed by atoms with van der Waals surface area (Å²) in [7, 11) is 3.24. The summed E-state index contributed by atoms with van der Waals surface area (Å²) >= 11 is 0. The van der Waals surface area contributed by atoms with Gasteiger partial charge in [0.1, 0.15) is 12.2 Å². The molecule has 3 saturated heterocycles. The first-order chi connectivity index (χ1) is 6.31. The Bertz CT molecular complexity index is 257. The molecule has 0 amide bonds. The Labute approximate surface area is 78.9 Å². The van der Waals surface area contributed by atoms with Crippen molar-refractivity contribution in [3.05, 3.63) is 0 Å². The highest BCUT2D eigenvalue weighted by Crippen LogP contribution is 2.47. The highest BCUT2D eigenvalue weighted by molar-refractivity contribution is 6.08. The van der Waals surface area contributed by atoms with Crippen LogP contribution < -0.4 is 0 Å². The molecule has 0 aliphatic carbocycles. The summed E-state index contributed by atoms with van der Waals surface area (Å²) in [6.07, 6.45) is 1.01. The van der Waals surface area contributed by atoms with E-state index in [2.05, 4.69) is 10.2 Å². The van der Waals surface area contributed by atoms with Gasteiger partial charge in [-0.15, -0.1) is 0 Å². The molecule has 0 saturated carbocycles. The maximum atomic E-state index is 11.3. The molecular weight excluding hydrogens is 188 g/mol. The zero-order valence-electron chi connectivity index (χ0n) is 6.93. The number of fused-ring (bicyclic) bond motifs is 1. The lowest BCUT2D eigenvalue weighted by molar-refractivity contribution is -0.146. The van der Waals surface area contributed by atoms with Crippen molar-refractivity contribution in [2.75, 3.05) is 6.23 Å². The lowest BCUT2D eigenvalue weighted by atomic mass is 9.88. The Hall–Kier alpha value is -0.393. The van der Waals surface area contributed by atoms with Crippen molar-refractivity contribution in [3.63, 3.8) is 0 Å². The molecule has 5 heteroatoms. The second kappa shape index (κ2) is 2.56. The summed E-state index contributed by atoms with van der Waals surface area (Å²) in [5.74, 6) is -0.137. The number of hydrogen-bond acceptors (Lipinski definition) is 4. The van der Waals surface area contributed by atoms with Crippen LogP contribution in [0.2, 0.25) is 0 Å². The molecule has 2 bridgehead atoms. The van der Waals surface area contributed by atoms with Crippen LogP contribution in [0.5, 0.6) is 0 Å². The fourth-order valence-corrected chi connectivity index (χ4v) is 2.73. The summed E-state index contributed by atoms with van der Waals surface area (Å²) in [5, 5.41) is 0. The molecule has 69 valence electrons. The van der Waals surface area contributed by atoms with Crippen LogP contribution in [0.1, 0.15) is 6.42 Å². The van der Waals surface area contributed by atoms with Crippen LogP contribution in [0.3, 0.4) is 0 Å². The highest BCUT2D eigenvalue weighted by Gasteiger charge is 2.63. The van der Waals surface area contributed by atoms with E-state index in [0.29, 0.717) is 6.23 Å². The van der Waals surface area contributed by atoms with Gasteiger partial charge in [0.15, 0.2) is 6.10 Å². The normalized spacial score (nSPS) is 51.5. The van der Waals surface area contributed by atoms with Crippen LogP contribution >= 0.6 is 0 Å². The first-order valence-electron chi connectivity index (χ1n) is 4.43. The summed E-state index contributed by atoms with van der Waals surface area (Å²) in [4.78, 5) is 11.3. The summed E-state index contributed by atoms with van der Waals surface area (Å²) in [5.41, 5.74) is 0. The number of carbonyl (C=O) groups excluding carboxylic acids is 1. The maximum absolute atomic E-state index is 11.3. The van der Waals surface area contributed by atoms with Crippen molar-refractivity contribution >= 4 is 16.2 Å². The van der Waals surface area contributed by atoms with Crippen molar-refractivity contribution in [1.82, 2.24) is 0 Å². The van der Waals surface area contributed by atoms with Crippen LogP contribution in [-0.2, 0) is 19.0 Å². The Morgan fingerprint density at radius 1 is 1.54 bits per heavy atom. The zero-order chi connectivity index (χ0) is 9.00. The van der Waals surface area contributed by atoms with Gasteiger partial charge >= 0.3 is 5.97 Å². The maximum Gasteiger partial charge on any atom is 0.312 e. The highest BCUT2D eigenvalue weighted by atomic mass is 28.1. The van der Waals surface area contributed by atoms with Crippen LogP contribution in [-0.4, -0.2) is 46.9 Å². The second-order valence-electron chi connectivity index (χ2n) is 3.66. The van der Waals surface area contributed by atoms with E-state index in [0.717, 1.165) is 6.42 Å². The topological polar surface area (TPSA) is 44.8 Å². The van der Waals surface area contributed by atoms with Gasteiger partial charge in [-0.1, -0.05) is 0 Å². The van der Waals surface area contributed by atoms with Crippen LogP contribution in [0.4, 0.5) is 0 Å². The van der Waals surface area contributed by atoms with Gasteiger partial charge in [-0.2, -0.15) is 0 Å². The standard InChI is InChI=1S/C8H9O4Si/c9-8-3-1-4-6(10-2-13)7(12-8)5(3)11-4/h3-7H,1-2H2. The molecule has 3 rings (SSSR count). The molecular formula is C8H9O4Si. The van der Waals surface area contributed by atoms with Crippen molar-refractivity contribution < 1.29 is 19.0 Å². The predicted octanol–water partition coefficient (Wildman–Crippen LogP) is -0.790. The average molecular weight is 197 g/mol. The Kier molecular flexibility index (Phi) is 1.56. The van der Waals surface area contributed by atoms with E-state index in [9.17, 15) is 4.79 Å². The molecule has 4 nitrogen and oxygen atoms in total. The Balaban J connectivity index is 1.86. The first kappa shape index (κ1) is 7.96.